The second kappa shape index (κ2) is 10.7. The lowest BCUT2D eigenvalue weighted by Gasteiger charge is -2.30. The van der Waals surface area contributed by atoms with E-state index in [0.717, 1.165) is 37.0 Å². The number of nitrogens with zero attached hydrogens (tertiary/aromatic N) is 4. The minimum Gasteiger partial charge on any atom is -0.383 e. The van der Waals surface area contributed by atoms with Crippen molar-refractivity contribution in [1.29, 1.82) is 0 Å². The standard InChI is InChI=1S/C20H38N6O/c1-5-21-19(23-16-20(3,27)18-14-24-25(4)15-18)22-10-6-7-11-26-12-8-17(2)9-13-26/h14-15,17,27H,5-13,16H2,1-4H3,(H2,21,22,23). The zero-order valence-corrected chi connectivity index (χ0v) is 17.5. The van der Waals surface area contributed by atoms with Crippen LogP contribution in [0.25, 0.3) is 0 Å². The van der Waals surface area contributed by atoms with Crippen LogP contribution in [0.5, 0.6) is 0 Å². The van der Waals surface area contributed by atoms with Gasteiger partial charge in [-0.25, -0.2) is 4.99 Å². The van der Waals surface area contributed by atoms with Gasteiger partial charge in [0.1, 0.15) is 5.60 Å². The lowest BCUT2D eigenvalue weighted by atomic mass is 9.99. The van der Waals surface area contributed by atoms with Crippen LogP contribution in [0.15, 0.2) is 17.4 Å². The van der Waals surface area contributed by atoms with E-state index < -0.39 is 5.60 Å². The van der Waals surface area contributed by atoms with Gasteiger partial charge in [-0.3, -0.25) is 4.68 Å². The zero-order chi connectivity index (χ0) is 19.7. The Balaban J connectivity index is 1.71. The first-order valence-corrected chi connectivity index (χ1v) is 10.4. The highest BCUT2D eigenvalue weighted by Gasteiger charge is 2.24. The molecule has 0 amide bonds. The Bertz CT molecular complexity index is 575. The molecular formula is C20H38N6O. The Morgan fingerprint density at radius 1 is 1.33 bits per heavy atom. The van der Waals surface area contributed by atoms with Crippen LogP contribution in [0.2, 0.25) is 0 Å². The van der Waals surface area contributed by atoms with Crippen molar-refractivity contribution >= 4 is 5.96 Å². The summed E-state index contributed by atoms with van der Waals surface area (Å²) in [6.07, 6.45) is 8.52. The summed E-state index contributed by atoms with van der Waals surface area (Å²) in [4.78, 5) is 7.15. The molecule has 1 atom stereocenters. The number of piperidine rings is 1. The van der Waals surface area contributed by atoms with Crippen LogP contribution in [-0.2, 0) is 12.6 Å². The maximum absolute atomic E-state index is 10.7. The number of aromatic nitrogens is 2. The molecule has 0 saturated carbocycles. The van der Waals surface area contributed by atoms with Crippen LogP contribution in [-0.4, -0.2) is 65.0 Å². The van der Waals surface area contributed by atoms with Crippen LogP contribution in [0.1, 0.15) is 52.0 Å². The average Bonchev–Trinajstić information content (AvgIpc) is 3.08. The van der Waals surface area contributed by atoms with Gasteiger partial charge in [-0.05, 0) is 65.1 Å². The maximum Gasteiger partial charge on any atom is 0.191 e. The van der Waals surface area contributed by atoms with Gasteiger partial charge >= 0.3 is 0 Å². The van der Waals surface area contributed by atoms with Gasteiger partial charge < -0.3 is 20.6 Å². The maximum atomic E-state index is 10.7. The van der Waals surface area contributed by atoms with E-state index in [4.69, 9.17) is 0 Å². The van der Waals surface area contributed by atoms with Crippen molar-refractivity contribution < 1.29 is 5.11 Å². The predicted molar refractivity (Wildman–Crippen MR) is 111 cm³/mol. The highest BCUT2D eigenvalue weighted by atomic mass is 16.3. The van der Waals surface area contributed by atoms with Gasteiger partial charge in [-0.1, -0.05) is 6.92 Å². The smallest absolute Gasteiger partial charge is 0.191 e. The summed E-state index contributed by atoms with van der Waals surface area (Å²) in [5, 5.41) is 21.4. The number of aliphatic imine (C=N–C) groups is 1. The van der Waals surface area contributed by atoms with Crippen LogP contribution in [0.4, 0.5) is 0 Å². The van der Waals surface area contributed by atoms with E-state index in [2.05, 4.69) is 32.5 Å². The minimum absolute atomic E-state index is 0.292. The Morgan fingerprint density at radius 3 is 2.70 bits per heavy atom. The molecule has 7 nitrogen and oxygen atoms in total. The normalized spacial score (nSPS) is 19.1. The Morgan fingerprint density at radius 2 is 2.07 bits per heavy atom. The van der Waals surface area contributed by atoms with Crippen molar-refractivity contribution in [2.75, 3.05) is 39.3 Å². The monoisotopic (exact) mass is 378 g/mol. The van der Waals surface area contributed by atoms with Crippen LogP contribution < -0.4 is 10.6 Å². The molecule has 1 saturated heterocycles. The van der Waals surface area contributed by atoms with Gasteiger partial charge in [0.05, 0.1) is 12.7 Å². The first kappa shape index (κ1) is 21.7. The lowest BCUT2D eigenvalue weighted by Crippen LogP contribution is -2.39. The number of hydrogen-bond acceptors (Lipinski definition) is 4. The van der Waals surface area contributed by atoms with Crippen LogP contribution in [0.3, 0.4) is 0 Å². The molecule has 0 aliphatic carbocycles. The SMILES string of the molecule is CCNC(=NCC(C)(O)c1cnn(C)c1)NCCCCN1CCC(C)CC1. The molecule has 1 aromatic rings. The second-order valence-electron chi connectivity index (χ2n) is 8.03. The lowest BCUT2D eigenvalue weighted by molar-refractivity contribution is 0.0672. The number of hydrogen-bond donors (Lipinski definition) is 3. The fourth-order valence-corrected chi connectivity index (χ4v) is 3.32. The number of aryl methyl sites for hydroxylation is 1. The molecule has 0 radical (unpaired) electrons. The Labute approximate surface area is 164 Å². The van der Waals surface area contributed by atoms with E-state index >= 15 is 0 Å². The van der Waals surface area contributed by atoms with E-state index in [9.17, 15) is 5.11 Å². The average molecular weight is 379 g/mol. The molecule has 1 unspecified atom stereocenters. The molecule has 0 spiro atoms. The van der Waals surface area contributed by atoms with Crippen molar-refractivity contribution in [2.24, 2.45) is 18.0 Å². The summed E-state index contributed by atoms with van der Waals surface area (Å²) in [7, 11) is 1.85. The summed E-state index contributed by atoms with van der Waals surface area (Å²) in [6.45, 7) is 11.9. The van der Waals surface area contributed by atoms with Crippen molar-refractivity contribution in [3.63, 3.8) is 0 Å². The summed E-state index contributed by atoms with van der Waals surface area (Å²) < 4.78 is 1.69. The Kier molecular flexibility index (Phi) is 8.57. The predicted octanol–water partition coefficient (Wildman–Crippen LogP) is 1.69. The van der Waals surface area contributed by atoms with Gasteiger partial charge in [0.2, 0.25) is 0 Å². The van der Waals surface area contributed by atoms with E-state index in [1.54, 1.807) is 17.8 Å². The molecule has 1 aromatic heterocycles. The molecule has 1 aliphatic heterocycles. The van der Waals surface area contributed by atoms with Crippen LogP contribution in [0, 0.1) is 5.92 Å². The molecule has 0 aromatic carbocycles. The molecule has 1 aliphatic rings. The summed E-state index contributed by atoms with van der Waals surface area (Å²) in [6, 6.07) is 0. The van der Waals surface area contributed by atoms with E-state index in [1.165, 1.54) is 38.9 Å². The van der Waals surface area contributed by atoms with E-state index in [-0.39, 0.29) is 0 Å². The molecule has 3 N–H and O–H groups in total. The fraction of sp³-hybridized carbons (Fsp3) is 0.800. The van der Waals surface area contributed by atoms with E-state index in [1.807, 2.05) is 20.2 Å². The first-order chi connectivity index (χ1) is 12.9. The number of guanidine groups is 1. The number of aliphatic hydroxyl groups is 1. The highest BCUT2D eigenvalue weighted by Crippen LogP contribution is 2.20. The van der Waals surface area contributed by atoms with Gasteiger partial charge in [0.15, 0.2) is 5.96 Å². The summed E-state index contributed by atoms with van der Waals surface area (Å²) in [5.74, 6) is 1.65. The largest absolute Gasteiger partial charge is 0.383 e. The molecule has 2 heterocycles. The zero-order valence-electron chi connectivity index (χ0n) is 17.5. The fourth-order valence-electron chi connectivity index (χ4n) is 3.32. The third-order valence-electron chi connectivity index (χ3n) is 5.29. The van der Waals surface area contributed by atoms with Gasteiger partial charge in [0, 0.05) is 31.9 Å². The second-order valence-corrected chi connectivity index (χ2v) is 8.03. The molecule has 0 bridgehead atoms. The van der Waals surface area contributed by atoms with E-state index in [0.29, 0.717) is 6.54 Å². The molecule has 1 fully saturated rings. The van der Waals surface area contributed by atoms with Crippen molar-refractivity contribution in [2.45, 2.75) is 52.1 Å². The Hall–Kier alpha value is -1.60. The first-order valence-electron chi connectivity index (χ1n) is 10.4. The number of likely N-dealkylation sites (tertiary alicyclic amines) is 1. The van der Waals surface area contributed by atoms with Crippen molar-refractivity contribution in [3.05, 3.63) is 18.0 Å². The van der Waals surface area contributed by atoms with Gasteiger partial charge in [-0.2, -0.15) is 5.10 Å². The number of unbranched alkanes of at least 4 members (excludes halogenated alkanes) is 1. The van der Waals surface area contributed by atoms with Gasteiger partial charge in [-0.15, -0.1) is 0 Å². The number of rotatable bonds is 9. The van der Waals surface area contributed by atoms with Crippen molar-refractivity contribution in [1.82, 2.24) is 25.3 Å². The molecular weight excluding hydrogens is 340 g/mol. The molecule has 154 valence electrons. The topological polar surface area (TPSA) is 77.7 Å². The minimum atomic E-state index is -1.03. The third kappa shape index (κ3) is 7.50. The summed E-state index contributed by atoms with van der Waals surface area (Å²) in [5.41, 5.74) is -0.248. The van der Waals surface area contributed by atoms with Crippen LogP contribution >= 0.6 is 0 Å². The molecule has 2 rings (SSSR count). The quantitative estimate of drug-likeness (QED) is 0.346. The van der Waals surface area contributed by atoms with Gasteiger partial charge in [0.25, 0.3) is 0 Å². The third-order valence-corrected chi connectivity index (χ3v) is 5.29. The molecule has 7 heteroatoms. The summed E-state index contributed by atoms with van der Waals surface area (Å²) >= 11 is 0. The number of nitrogens with one attached hydrogen (secondary N) is 2. The van der Waals surface area contributed by atoms with Crippen molar-refractivity contribution in [3.8, 4) is 0 Å². The molecule has 27 heavy (non-hydrogen) atoms. The highest BCUT2D eigenvalue weighted by molar-refractivity contribution is 5.79.